The molecule has 9 heteroatoms. The van der Waals surface area contributed by atoms with Crippen molar-refractivity contribution < 1.29 is 9.47 Å². The Morgan fingerprint density at radius 1 is 1.21 bits per heavy atom. The Balaban J connectivity index is 1.45. The fourth-order valence-electron chi connectivity index (χ4n) is 3.27. The first-order valence-corrected chi connectivity index (χ1v) is 9.35. The van der Waals surface area contributed by atoms with E-state index in [9.17, 15) is 0 Å². The summed E-state index contributed by atoms with van der Waals surface area (Å²) in [5.74, 6) is 1.34. The number of aromatic nitrogens is 7. The van der Waals surface area contributed by atoms with Gasteiger partial charge in [-0.2, -0.15) is 5.10 Å². The third-order valence-corrected chi connectivity index (χ3v) is 4.88. The van der Waals surface area contributed by atoms with Gasteiger partial charge in [-0.3, -0.25) is 4.68 Å². The molecule has 0 radical (unpaired) electrons. The van der Waals surface area contributed by atoms with E-state index in [0.29, 0.717) is 28.5 Å². The summed E-state index contributed by atoms with van der Waals surface area (Å²) in [6, 6.07) is -0.276. The van der Waals surface area contributed by atoms with E-state index >= 15 is 0 Å². The van der Waals surface area contributed by atoms with E-state index in [2.05, 4.69) is 26.5 Å². The third-order valence-electron chi connectivity index (χ3n) is 4.88. The largest absolute Gasteiger partial charge is 0.465 e. The second-order valence-corrected chi connectivity index (χ2v) is 6.91. The minimum absolute atomic E-state index is 0.276. The molecular formula is C20H19N7O2. The summed E-state index contributed by atoms with van der Waals surface area (Å²) < 4.78 is 15.1. The average Bonchev–Trinajstić information content (AvgIpc) is 3.39. The maximum absolute atomic E-state index is 6.12. The van der Waals surface area contributed by atoms with Gasteiger partial charge in [0.25, 0.3) is 0 Å². The van der Waals surface area contributed by atoms with Gasteiger partial charge < -0.3 is 9.47 Å². The summed E-state index contributed by atoms with van der Waals surface area (Å²) in [6.07, 6.45) is 16.6. The number of aryl methyl sites for hydroxylation is 1. The van der Waals surface area contributed by atoms with Crippen LogP contribution >= 0.6 is 0 Å². The minimum atomic E-state index is -0.276. The molecule has 0 unspecified atom stereocenters. The average molecular weight is 389 g/mol. The van der Waals surface area contributed by atoms with Crippen LogP contribution in [-0.2, 0) is 16.5 Å². The number of allylic oxidation sites excluding steroid dienone is 5. The predicted molar refractivity (Wildman–Crippen MR) is 105 cm³/mol. The number of hydrogen-bond donors (Lipinski definition) is 0. The maximum atomic E-state index is 6.12. The fourth-order valence-corrected chi connectivity index (χ4v) is 3.27. The predicted octanol–water partition coefficient (Wildman–Crippen LogP) is 3.19. The smallest absolute Gasteiger partial charge is 0.221 e. The van der Waals surface area contributed by atoms with Gasteiger partial charge in [0.15, 0.2) is 17.2 Å². The van der Waals surface area contributed by atoms with E-state index in [1.165, 1.54) is 0 Å². The van der Waals surface area contributed by atoms with Crippen LogP contribution in [0, 0.1) is 0 Å². The molecule has 29 heavy (non-hydrogen) atoms. The quantitative estimate of drug-likeness (QED) is 0.676. The van der Waals surface area contributed by atoms with Crippen molar-refractivity contribution >= 4 is 11.3 Å². The standard InChI is InChI=1S/C20H19N7O2/c1-13(17-11-28-12-18(29-17)14-6-4-3-5-7-14)27-20-19(24-25-27)21-9-16(23-20)15-8-22-26(2)10-15/h3-4,6,8-13H,5,7H2,1-2H3/t13-/m0/s1. The second kappa shape index (κ2) is 7.01. The molecule has 4 heterocycles. The highest BCUT2D eigenvalue weighted by Gasteiger charge is 2.24. The molecule has 0 spiro atoms. The molecule has 1 aliphatic heterocycles. The number of hydrogen-bond acceptors (Lipinski definition) is 7. The van der Waals surface area contributed by atoms with Crippen molar-refractivity contribution in [1.82, 2.24) is 34.7 Å². The molecule has 3 aromatic rings. The molecule has 0 amide bonds. The lowest BCUT2D eigenvalue weighted by atomic mass is 10.0. The lowest BCUT2D eigenvalue weighted by molar-refractivity contribution is 0.195. The SMILES string of the molecule is C[C@@H](C1=COC=C(C2=CC=CCC2)O1)n1nnc2ncc(-c3cnn(C)c3)nc21. The van der Waals surface area contributed by atoms with Crippen molar-refractivity contribution in [2.24, 2.45) is 7.05 Å². The van der Waals surface area contributed by atoms with Gasteiger partial charge in [0.2, 0.25) is 5.65 Å². The van der Waals surface area contributed by atoms with Gasteiger partial charge in [0.05, 0.1) is 18.1 Å². The van der Waals surface area contributed by atoms with Crippen molar-refractivity contribution in [3.63, 3.8) is 0 Å². The summed E-state index contributed by atoms with van der Waals surface area (Å²) in [7, 11) is 1.86. The van der Waals surface area contributed by atoms with Crippen LogP contribution in [0.4, 0.5) is 0 Å². The Kier molecular flexibility index (Phi) is 4.19. The van der Waals surface area contributed by atoms with Crippen LogP contribution in [0.15, 0.2) is 66.4 Å². The van der Waals surface area contributed by atoms with Gasteiger partial charge in [0, 0.05) is 18.8 Å². The Labute approximate surface area is 166 Å². The molecule has 3 aromatic heterocycles. The highest BCUT2D eigenvalue weighted by Crippen LogP contribution is 2.31. The monoisotopic (exact) mass is 389 g/mol. The summed E-state index contributed by atoms with van der Waals surface area (Å²) in [4.78, 5) is 9.10. The molecule has 0 fully saturated rings. The molecule has 2 aliphatic rings. The second-order valence-electron chi connectivity index (χ2n) is 6.91. The summed E-state index contributed by atoms with van der Waals surface area (Å²) in [5, 5.41) is 12.6. The Morgan fingerprint density at radius 3 is 2.93 bits per heavy atom. The summed E-state index contributed by atoms with van der Waals surface area (Å²) >= 11 is 0. The molecule has 0 bridgehead atoms. The number of ether oxygens (including phenoxy) is 2. The van der Waals surface area contributed by atoms with Crippen molar-refractivity contribution in [2.75, 3.05) is 0 Å². The van der Waals surface area contributed by atoms with Gasteiger partial charge in [-0.15, -0.1) is 5.10 Å². The van der Waals surface area contributed by atoms with Crippen LogP contribution < -0.4 is 0 Å². The van der Waals surface area contributed by atoms with Crippen molar-refractivity contribution in [3.8, 4) is 11.3 Å². The first kappa shape index (κ1) is 17.4. The highest BCUT2D eigenvalue weighted by atomic mass is 16.5. The number of fused-ring (bicyclic) bond motifs is 1. The van der Waals surface area contributed by atoms with E-state index in [1.807, 2.05) is 32.3 Å². The zero-order valence-corrected chi connectivity index (χ0v) is 16.1. The van der Waals surface area contributed by atoms with Gasteiger partial charge in [-0.1, -0.05) is 23.4 Å². The van der Waals surface area contributed by atoms with Crippen LogP contribution in [0.3, 0.4) is 0 Å². The Bertz CT molecular complexity index is 1200. The Morgan fingerprint density at radius 2 is 2.14 bits per heavy atom. The molecule has 0 N–H and O–H groups in total. The molecule has 1 atom stereocenters. The van der Waals surface area contributed by atoms with Gasteiger partial charge >= 0.3 is 0 Å². The lowest BCUT2D eigenvalue weighted by Crippen LogP contribution is -2.15. The van der Waals surface area contributed by atoms with E-state index in [0.717, 1.165) is 24.0 Å². The maximum Gasteiger partial charge on any atom is 0.221 e. The van der Waals surface area contributed by atoms with E-state index < -0.39 is 0 Å². The summed E-state index contributed by atoms with van der Waals surface area (Å²) in [5.41, 5.74) is 3.72. The van der Waals surface area contributed by atoms with Crippen molar-refractivity contribution in [3.05, 3.63) is 66.4 Å². The van der Waals surface area contributed by atoms with Crippen molar-refractivity contribution in [2.45, 2.75) is 25.8 Å². The van der Waals surface area contributed by atoms with E-state index in [4.69, 9.17) is 14.5 Å². The van der Waals surface area contributed by atoms with E-state index in [-0.39, 0.29) is 6.04 Å². The minimum Gasteiger partial charge on any atom is -0.465 e. The normalized spacial score (nSPS) is 17.2. The lowest BCUT2D eigenvalue weighted by Gasteiger charge is -2.23. The molecule has 5 rings (SSSR count). The fraction of sp³-hybridized carbons (Fsp3) is 0.250. The first-order chi connectivity index (χ1) is 14.2. The van der Waals surface area contributed by atoms with E-state index in [1.54, 1.807) is 34.3 Å². The zero-order chi connectivity index (χ0) is 19.8. The highest BCUT2D eigenvalue weighted by molar-refractivity contribution is 5.69. The summed E-state index contributed by atoms with van der Waals surface area (Å²) in [6.45, 7) is 1.96. The third kappa shape index (κ3) is 3.20. The molecule has 0 saturated carbocycles. The molecule has 1 aliphatic carbocycles. The molecule has 0 saturated heterocycles. The molecule has 0 aromatic carbocycles. The zero-order valence-electron chi connectivity index (χ0n) is 16.1. The van der Waals surface area contributed by atoms with Crippen LogP contribution in [0.25, 0.3) is 22.6 Å². The molecular weight excluding hydrogens is 370 g/mol. The van der Waals surface area contributed by atoms with Crippen LogP contribution in [0.1, 0.15) is 25.8 Å². The topological polar surface area (TPSA) is 92.8 Å². The van der Waals surface area contributed by atoms with Gasteiger partial charge in [-0.05, 0) is 25.3 Å². The van der Waals surface area contributed by atoms with Crippen LogP contribution in [0.2, 0.25) is 0 Å². The van der Waals surface area contributed by atoms with Crippen LogP contribution in [0.5, 0.6) is 0 Å². The number of rotatable bonds is 4. The van der Waals surface area contributed by atoms with Gasteiger partial charge in [0.1, 0.15) is 18.6 Å². The number of nitrogens with zero attached hydrogens (tertiary/aromatic N) is 7. The molecule has 146 valence electrons. The van der Waals surface area contributed by atoms with Crippen molar-refractivity contribution in [1.29, 1.82) is 0 Å². The first-order valence-electron chi connectivity index (χ1n) is 9.35. The van der Waals surface area contributed by atoms with Gasteiger partial charge in [-0.25, -0.2) is 14.6 Å². The molecule has 9 nitrogen and oxygen atoms in total. The Hall–Kier alpha value is -3.75. The van der Waals surface area contributed by atoms with Crippen LogP contribution in [-0.4, -0.2) is 34.7 Å².